The Kier molecular flexibility index (Phi) is 1.63. The van der Waals surface area contributed by atoms with Gasteiger partial charge in [-0.05, 0) is 6.07 Å². The van der Waals surface area contributed by atoms with E-state index in [1.54, 1.807) is 6.21 Å². The highest BCUT2D eigenvalue weighted by atomic mass is 16.1. The van der Waals surface area contributed by atoms with Gasteiger partial charge in [0.15, 0.2) is 0 Å². The summed E-state index contributed by atoms with van der Waals surface area (Å²) in [5, 5.41) is 3.00. The van der Waals surface area contributed by atoms with Gasteiger partial charge < -0.3 is 5.32 Å². The number of anilines is 1. The number of benzodiazepines with no additional fused rings is 1. The van der Waals surface area contributed by atoms with E-state index in [4.69, 9.17) is 0 Å². The molecule has 12 heavy (non-hydrogen) atoms. The summed E-state index contributed by atoms with van der Waals surface area (Å²) < 4.78 is 0. The Hall–Kier alpha value is -1.64. The lowest BCUT2D eigenvalue weighted by atomic mass is 10.2. The van der Waals surface area contributed by atoms with Crippen molar-refractivity contribution in [2.24, 2.45) is 4.99 Å². The first kappa shape index (κ1) is 7.03. The Morgan fingerprint density at radius 1 is 1.33 bits per heavy atom. The number of hydrogen-bond donors (Lipinski definition) is 1. The van der Waals surface area contributed by atoms with E-state index >= 15 is 0 Å². The number of carbonyl (C=O) groups is 1. The highest BCUT2D eigenvalue weighted by Crippen LogP contribution is 2.13. The van der Waals surface area contributed by atoms with E-state index in [-0.39, 0.29) is 12.5 Å². The van der Waals surface area contributed by atoms with Crippen molar-refractivity contribution >= 4 is 17.8 Å². The smallest absolute Gasteiger partial charge is 0.264 e. The number of para-hydroxylation sites is 1. The van der Waals surface area contributed by atoms with Crippen LogP contribution in [0, 0.1) is 0 Å². The van der Waals surface area contributed by atoms with E-state index in [1.165, 1.54) is 0 Å². The second kappa shape index (κ2) is 2.77. The second-order valence-corrected chi connectivity index (χ2v) is 2.59. The topological polar surface area (TPSA) is 41.5 Å². The normalized spacial score (nSPS) is 14.8. The van der Waals surface area contributed by atoms with Gasteiger partial charge in [0, 0.05) is 17.5 Å². The van der Waals surface area contributed by atoms with E-state index in [2.05, 4.69) is 10.3 Å². The molecule has 1 aromatic rings. The predicted octanol–water partition coefficient (Wildman–Crippen LogP) is 1.06. The molecule has 0 saturated carbocycles. The highest BCUT2D eigenvalue weighted by molar-refractivity contribution is 5.99. The number of nitrogens with one attached hydrogen (secondary N) is 1. The number of nitrogens with zero attached hydrogens (tertiary/aromatic N) is 1. The van der Waals surface area contributed by atoms with Gasteiger partial charge in [-0.2, -0.15) is 0 Å². The lowest BCUT2D eigenvalue weighted by Crippen LogP contribution is -2.09. The second-order valence-electron chi connectivity index (χ2n) is 2.59. The van der Waals surface area contributed by atoms with Gasteiger partial charge in [-0.3, -0.25) is 4.79 Å². The minimum Gasteiger partial charge on any atom is -0.376 e. The highest BCUT2D eigenvalue weighted by Gasteiger charge is 2.05. The van der Waals surface area contributed by atoms with Crippen LogP contribution < -0.4 is 5.32 Å². The molecule has 0 aliphatic carbocycles. The zero-order valence-electron chi connectivity index (χ0n) is 6.45. The summed E-state index contributed by atoms with van der Waals surface area (Å²) in [5.74, 6) is -0.133. The minimum atomic E-state index is -0.133. The van der Waals surface area contributed by atoms with Gasteiger partial charge >= 0.3 is 0 Å². The number of aliphatic imine (C=N–C) groups is 1. The third kappa shape index (κ3) is 1.21. The average Bonchev–Trinajstić information content (AvgIpc) is 2.29. The van der Waals surface area contributed by atoms with Crippen molar-refractivity contribution in [3.63, 3.8) is 0 Å². The van der Waals surface area contributed by atoms with Gasteiger partial charge in [-0.15, -0.1) is 0 Å². The van der Waals surface area contributed by atoms with Crippen molar-refractivity contribution in [3.05, 3.63) is 29.8 Å². The molecule has 60 valence electrons. The molecule has 1 aliphatic rings. The van der Waals surface area contributed by atoms with Crippen molar-refractivity contribution in [1.82, 2.24) is 0 Å². The molecule has 0 atom stereocenters. The number of amides is 1. The summed E-state index contributed by atoms with van der Waals surface area (Å²) in [7, 11) is 0. The Labute approximate surface area is 70.1 Å². The fourth-order valence-electron chi connectivity index (χ4n) is 1.13. The summed E-state index contributed by atoms with van der Waals surface area (Å²) in [6.45, 7) is 0.285. The van der Waals surface area contributed by atoms with Crippen molar-refractivity contribution in [2.75, 3.05) is 11.9 Å². The van der Waals surface area contributed by atoms with Gasteiger partial charge in [0.2, 0.25) is 0 Å². The lowest BCUT2D eigenvalue weighted by molar-refractivity contribution is -0.116. The van der Waals surface area contributed by atoms with Crippen molar-refractivity contribution in [2.45, 2.75) is 0 Å². The molecular formula is C9H8N2O. The molecule has 0 fully saturated rings. The maximum Gasteiger partial charge on any atom is 0.264 e. The van der Waals surface area contributed by atoms with Crippen LogP contribution in [0.3, 0.4) is 0 Å². The third-order valence-corrected chi connectivity index (χ3v) is 1.74. The van der Waals surface area contributed by atoms with Gasteiger partial charge in [0.1, 0.15) is 0 Å². The maximum atomic E-state index is 10.9. The molecule has 0 saturated heterocycles. The molecule has 3 heteroatoms. The Bertz CT molecular complexity index is 344. The van der Waals surface area contributed by atoms with Gasteiger partial charge in [0.25, 0.3) is 5.91 Å². The molecule has 1 heterocycles. The molecule has 0 spiro atoms. The van der Waals surface area contributed by atoms with Crippen LogP contribution in [0.1, 0.15) is 5.56 Å². The van der Waals surface area contributed by atoms with Crippen LogP contribution >= 0.6 is 0 Å². The van der Waals surface area contributed by atoms with Crippen molar-refractivity contribution < 1.29 is 4.79 Å². The average molecular weight is 160 g/mol. The fraction of sp³-hybridized carbons (Fsp3) is 0.111. The predicted molar refractivity (Wildman–Crippen MR) is 47.5 cm³/mol. The molecule has 0 radical (unpaired) electrons. The molecule has 1 N–H and O–H groups in total. The molecule has 1 aliphatic heterocycles. The van der Waals surface area contributed by atoms with Crippen molar-refractivity contribution in [3.8, 4) is 0 Å². The van der Waals surface area contributed by atoms with Gasteiger partial charge in [-0.25, -0.2) is 4.99 Å². The summed E-state index contributed by atoms with van der Waals surface area (Å²) in [6.07, 6.45) is 1.59. The number of benzene rings is 1. The molecule has 3 nitrogen and oxygen atoms in total. The molecular weight excluding hydrogens is 152 g/mol. The fourth-order valence-corrected chi connectivity index (χ4v) is 1.13. The standard InChI is InChI=1S/C9H8N2O/c12-9-6-10-8-4-2-1-3-7(8)5-11-9/h1-5,10H,6H2. The largest absolute Gasteiger partial charge is 0.376 e. The molecule has 1 aromatic carbocycles. The lowest BCUT2D eigenvalue weighted by Gasteiger charge is -2.02. The van der Waals surface area contributed by atoms with Crippen molar-refractivity contribution in [1.29, 1.82) is 0 Å². The Morgan fingerprint density at radius 2 is 2.17 bits per heavy atom. The van der Waals surface area contributed by atoms with Crippen LogP contribution in [0.25, 0.3) is 0 Å². The number of carbonyl (C=O) groups excluding carboxylic acids is 1. The minimum absolute atomic E-state index is 0.133. The van der Waals surface area contributed by atoms with Crippen LogP contribution in [0.4, 0.5) is 5.69 Å². The first-order chi connectivity index (χ1) is 5.86. The van der Waals surface area contributed by atoms with E-state index in [9.17, 15) is 4.79 Å². The monoisotopic (exact) mass is 160 g/mol. The van der Waals surface area contributed by atoms with E-state index < -0.39 is 0 Å². The summed E-state index contributed by atoms with van der Waals surface area (Å²) in [5.41, 5.74) is 1.93. The molecule has 0 aromatic heterocycles. The van der Waals surface area contributed by atoms with Gasteiger partial charge in [0.05, 0.1) is 6.54 Å². The quantitative estimate of drug-likeness (QED) is 0.616. The summed E-state index contributed by atoms with van der Waals surface area (Å²) in [6, 6.07) is 7.70. The summed E-state index contributed by atoms with van der Waals surface area (Å²) in [4.78, 5) is 14.6. The Balaban J connectivity index is 2.45. The third-order valence-electron chi connectivity index (χ3n) is 1.74. The zero-order chi connectivity index (χ0) is 8.39. The molecule has 0 bridgehead atoms. The number of fused-ring (bicyclic) bond motifs is 1. The van der Waals surface area contributed by atoms with Crippen LogP contribution in [-0.2, 0) is 4.79 Å². The first-order valence-electron chi connectivity index (χ1n) is 3.76. The van der Waals surface area contributed by atoms with Gasteiger partial charge in [-0.1, -0.05) is 18.2 Å². The Morgan fingerprint density at radius 3 is 3.08 bits per heavy atom. The zero-order valence-corrected chi connectivity index (χ0v) is 6.45. The SMILES string of the molecule is O=C1CNc2ccccc2C=N1. The van der Waals surface area contributed by atoms with E-state index in [0.29, 0.717) is 0 Å². The molecule has 0 unspecified atom stereocenters. The van der Waals surface area contributed by atoms with E-state index in [1.807, 2.05) is 24.3 Å². The number of rotatable bonds is 0. The first-order valence-corrected chi connectivity index (χ1v) is 3.76. The van der Waals surface area contributed by atoms with Crippen LogP contribution in [0.15, 0.2) is 29.3 Å². The van der Waals surface area contributed by atoms with Crippen LogP contribution in [0.2, 0.25) is 0 Å². The molecule has 2 rings (SSSR count). The maximum absolute atomic E-state index is 10.9. The van der Waals surface area contributed by atoms with E-state index in [0.717, 1.165) is 11.3 Å². The summed E-state index contributed by atoms with van der Waals surface area (Å²) >= 11 is 0. The van der Waals surface area contributed by atoms with Crippen LogP contribution in [-0.4, -0.2) is 18.7 Å². The number of hydrogen-bond acceptors (Lipinski definition) is 2. The van der Waals surface area contributed by atoms with Crippen LogP contribution in [0.5, 0.6) is 0 Å². The molecule has 1 amide bonds.